The molecule has 110 valence electrons. The van der Waals surface area contributed by atoms with Gasteiger partial charge in [0, 0.05) is 12.2 Å². The van der Waals surface area contributed by atoms with E-state index >= 15 is 0 Å². The number of rotatable bonds is 6. The van der Waals surface area contributed by atoms with E-state index in [1.54, 1.807) is 12.1 Å². The number of hydrogen-bond acceptors (Lipinski definition) is 2. The third-order valence-electron chi connectivity index (χ3n) is 2.82. The van der Waals surface area contributed by atoms with Crippen LogP contribution in [0, 0.1) is 5.92 Å². The zero-order valence-electron chi connectivity index (χ0n) is 12.3. The molecule has 1 rings (SSSR count). The van der Waals surface area contributed by atoms with Crippen molar-refractivity contribution in [3.8, 4) is 0 Å². The van der Waals surface area contributed by atoms with Gasteiger partial charge in [0.2, 0.25) is 5.91 Å². The smallest absolute Gasteiger partial charge is 0.319 e. The monoisotopic (exact) mass is 277 g/mol. The van der Waals surface area contributed by atoms with Crippen LogP contribution in [-0.2, 0) is 4.79 Å². The van der Waals surface area contributed by atoms with Gasteiger partial charge < -0.3 is 16.0 Å². The lowest BCUT2D eigenvalue weighted by molar-refractivity contribution is -0.123. The number of urea groups is 1. The molecule has 0 spiro atoms. The maximum absolute atomic E-state index is 12.0. The van der Waals surface area contributed by atoms with Crippen LogP contribution >= 0.6 is 0 Å². The van der Waals surface area contributed by atoms with Crippen LogP contribution in [0.2, 0.25) is 0 Å². The van der Waals surface area contributed by atoms with E-state index in [-0.39, 0.29) is 17.9 Å². The minimum atomic E-state index is -0.537. The zero-order chi connectivity index (χ0) is 15.0. The highest BCUT2D eigenvalue weighted by molar-refractivity contribution is 5.93. The Morgan fingerprint density at radius 1 is 1.15 bits per heavy atom. The molecule has 0 saturated carbocycles. The van der Waals surface area contributed by atoms with E-state index in [0.29, 0.717) is 12.2 Å². The molecule has 0 aliphatic rings. The van der Waals surface area contributed by atoms with Crippen molar-refractivity contribution in [2.45, 2.75) is 33.2 Å². The first-order chi connectivity index (χ1) is 9.54. The highest BCUT2D eigenvalue weighted by atomic mass is 16.2. The van der Waals surface area contributed by atoms with Crippen molar-refractivity contribution in [1.82, 2.24) is 10.6 Å². The van der Waals surface area contributed by atoms with Gasteiger partial charge in [0.15, 0.2) is 0 Å². The van der Waals surface area contributed by atoms with Crippen molar-refractivity contribution >= 4 is 17.6 Å². The second-order valence-corrected chi connectivity index (χ2v) is 4.98. The zero-order valence-corrected chi connectivity index (χ0v) is 12.3. The third-order valence-corrected chi connectivity index (χ3v) is 2.82. The summed E-state index contributed by atoms with van der Waals surface area (Å²) in [4.78, 5) is 23.9. The number of carbonyl (C=O) groups excluding carboxylic acids is 2. The molecular formula is C15H23N3O2. The number of benzene rings is 1. The first kappa shape index (κ1) is 16.0. The summed E-state index contributed by atoms with van der Waals surface area (Å²) in [6.45, 7) is 6.40. The Bertz CT molecular complexity index is 432. The molecule has 0 saturated heterocycles. The second-order valence-electron chi connectivity index (χ2n) is 4.98. The van der Waals surface area contributed by atoms with Crippen LogP contribution in [0.4, 0.5) is 10.5 Å². The van der Waals surface area contributed by atoms with Crippen LogP contribution in [0.25, 0.3) is 0 Å². The molecule has 3 N–H and O–H groups in total. The Balaban J connectivity index is 2.57. The average molecular weight is 277 g/mol. The molecule has 0 aliphatic carbocycles. The average Bonchev–Trinajstić information content (AvgIpc) is 2.43. The Hall–Kier alpha value is -2.04. The summed E-state index contributed by atoms with van der Waals surface area (Å²) in [7, 11) is 0. The van der Waals surface area contributed by atoms with E-state index in [2.05, 4.69) is 16.0 Å². The number of nitrogens with one attached hydrogen (secondary N) is 3. The molecule has 5 heteroatoms. The molecule has 0 radical (unpaired) electrons. The van der Waals surface area contributed by atoms with E-state index in [0.717, 1.165) is 6.42 Å². The molecule has 1 unspecified atom stereocenters. The maximum atomic E-state index is 12.0. The van der Waals surface area contributed by atoms with E-state index in [1.807, 2.05) is 39.0 Å². The minimum absolute atomic E-state index is 0.0216. The summed E-state index contributed by atoms with van der Waals surface area (Å²) in [6.07, 6.45) is 0.868. The molecular weight excluding hydrogens is 254 g/mol. The summed E-state index contributed by atoms with van der Waals surface area (Å²) in [6, 6.07) is 8.22. The number of hydrogen-bond donors (Lipinski definition) is 3. The molecule has 1 atom stereocenters. The summed E-state index contributed by atoms with van der Waals surface area (Å²) in [5.74, 6) is -0.126. The predicted molar refractivity (Wildman–Crippen MR) is 80.5 cm³/mol. The number of anilines is 1. The molecule has 0 aliphatic heterocycles. The van der Waals surface area contributed by atoms with Gasteiger partial charge in [0.1, 0.15) is 6.04 Å². The third kappa shape index (κ3) is 5.30. The summed E-state index contributed by atoms with van der Waals surface area (Å²) in [5.41, 5.74) is 0.696. The van der Waals surface area contributed by atoms with E-state index < -0.39 is 6.04 Å². The minimum Gasteiger partial charge on any atom is -0.354 e. The van der Waals surface area contributed by atoms with Crippen LogP contribution in [-0.4, -0.2) is 24.5 Å². The van der Waals surface area contributed by atoms with Gasteiger partial charge in [0.25, 0.3) is 0 Å². The van der Waals surface area contributed by atoms with Crippen LogP contribution in [0.3, 0.4) is 0 Å². The van der Waals surface area contributed by atoms with Crippen molar-refractivity contribution in [2.24, 2.45) is 5.92 Å². The van der Waals surface area contributed by atoms with Gasteiger partial charge in [-0.2, -0.15) is 0 Å². The van der Waals surface area contributed by atoms with E-state index in [4.69, 9.17) is 0 Å². The normalized spacial score (nSPS) is 11.8. The molecule has 1 aromatic rings. The summed E-state index contributed by atoms with van der Waals surface area (Å²) in [5, 5.41) is 8.22. The van der Waals surface area contributed by atoms with Crippen molar-refractivity contribution in [3.05, 3.63) is 30.3 Å². The highest BCUT2D eigenvalue weighted by Crippen LogP contribution is 2.06. The lowest BCUT2D eigenvalue weighted by Gasteiger charge is -2.21. The molecule has 0 heterocycles. The van der Waals surface area contributed by atoms with Crippen molar-refractivity contribution in [2.75, 3.05) is 11.9 Å². The fourth-order valence-corrected chi connectivity index (χ4v) is 1.72. The molecule has 20 heavy (non-hydrogen) atoms. The van der Waals surface area contributed by atoms with Crippen LogP contribution in [0.1, 0.15) is 27.2 Å². The fraction of sp³-hybridized carbons (Fsp3) is 0.467. The molecule has 1 aromatic carbocycles. The highest BCUT2D eigenvalue weighted by Gasteiger charge is 2.23. The Kier molecular flexibility index (Phi) is 6.56. The first-order valence-electron chi connectivity index (χ1n) is 6.94. The molecule has 0 aromatic heterocycles. The van der Waals surface area contributed by atoms with Crippen LogP contribution in [0.5, 0.6) is 0 Å². The summed E-state index contributed by atoms with van der Waals surface area (Å²) >= 11 is 0. The van der Waals surface area contributed by atoms with E-state index in [9.17, 15) is 9.59 Å². The first-order valence-corrected chi connectivity index (χ1v) is 6.94. The lowest BCUT2D eigenvalue weighted by atomic mass is 10.0. The predicted octanol–water partition coefficient (Wildman–Crippen LogP) is 2.36. The number of para-hydroxylation sites is 1. The summed E-state index contributed by atoms with van der Waals surface area (Å²) < 4.78 is 0. The van der Waals surface area contributed by atoms with Crippen molar-refractivity contribution < 1.29 is 9.59 Å². The SMILES string of the molecule is CCCNC(=O)C(NC(=O)Nc1ccccc1)C(C)C. The quantitative estimate of drug-likeness (QED) is 0.747. The topological polar surface area (TPSA) is 70.2 Å². The van der Waals surface area contributed by atoms with Gasteiger partial charge in [-0.15, -0.1) is 0 Å². The fourth-order valence-electron chi connectivity index (χ4n) is 1.72. The van der Waals surface area contributed by atoms with E-state index in [1.165, 1.54) is 0 Å². The van der Waals surface area contributed by atoms with Crippen LogP contribution in [0.15, 0.2) is 30.3 Å². The van der Waals surface area contributed by atoms with Gasteiger partial charge >= 0.3 is 6.03 Å². The van der Waals surface area contributed by atoms with Gasteiger partial charge in [-0.05, 0) is 24.5 Å². The van der Waals surface area contributed by atoms with Gasteiger partial charge in [0.05, 0.1) is 0 Å². The molecule has 5 nitrogen and oxygen atoms in total. The standard InChI is InChI=1S/C15H23N3O2/c1-4-10-16-14(19)13(11(2)3)18-15(20)17-12-8-6-5-7-9-12/h5-9,11,13H,4,10H2,1-3H3,(H,16,19)(H2,17,18,20). The number of amides is 3. The van der Waals surface area contributed by atoms with Gasteiger partial charge in [-0.1, -0.05) is 39.0 Å². The lowest BCUT2D eigenvalue weighted by Crippen LogP contribution is -2.51. The molecule has 3 amide bonds. The van der Waals surface area contributed by atoms with Crippen molar-refractivity contribution in [1.29, 1.82) is 0 Å². The largest absolute Gasteiger partial charge is 0.354 e. The Morgan fingerprint density at radius 2 is 1.80 bits per heavy atom. The second kappa shape index (κ2) is 8.19. The van der Waals surface area contributed by atoms with Crippen molar-refractivity contribution in [3.63, 3.8) is 0 Å². The number of carbonyl (C=O) groups is 2. The van der Waals surface area contributed by atoms with Gasteiger partial charge in [-0.3, -0.25) is 4.79 Å². The van der Waals surface area contributed by atoms with Crippen LogP contribution < -0.4 is 16.0 Å². The Labute approximate surface area is 120 Å². The Morgan fingerprint density at radius 3 is 2.35 bits per heavy atom. The molecule has 0 fully saturated rings. The molecule has 0 bridgehead atoms. The maximum Gasteiger partial charge on any atom is 0.319 e. The van der Waals surface area contributed by atoms with Gasteiger partial charge in [-0.25, -0.2) is 4.79 Å².